The van der Waals surface area contributed by atoms with Crippen LogP contribution in [0.2, 0.25) is 5.02 Å². The third-order valence-electron chi connectivity index (χ3n) is 8.18. The van der Waals surface area contributed by atoms with Crippen LogP contribution in [0.1, 0.15) is 49.7 Å². The van der Waals surface area contributed by atoms with Crippen molar-refractivity contribution < 1.29 is 14.6 Å². The predicted octanol–water partition coefficient (Wildman–Crippen LogP) is 6.25. The summed E-state index contributed by atoms with van der Waals surface area (Å²) in [4.78, 5) is 20.1. The minimum atomic E-state index is -0.799. The number of fused-ring (bicyclic) bond motifs is 2. The number of piperidine rings is 1. The number of ketones is 1. The summed E-state index contributed by atoms with van der Waals surface area (Å²) in [5, 5.41) is 11.9. The summed E-state index contributed by atoms with van der Waals surface area (Å²) in [6.45, 7) is 2.56. The highest BCUT2D eigenvalue weighted by molar-refractivity contribution is 6.30. The van der Waals surface area contributed by atoms with Crippen molar-refractivity contribution in [2.45, 2.75) is 44.1 Å². The van der Waals surface area contributed by atoms with E-state index in [1.54, 1.807) is 6.20 Å². The lowest BCUT2D eigenvalue weighted by Crippen LogP contribution is -2.42. The quantitative estimate of drug-likeness (QED) is 0.460. The van der Waals surface area contributed by atoms with E-state index < -0.39 is 5.60 Å². The first-order chi connectivity index (χ1) is 18.5. The van der Waals surface area contributed by atoms with Crippen molar-refractivity contribution in [1.29, 1.82) is 0 Å². The van der Waals surface area contributed by atoms with Gasteiger partial charge in [0.1, 0.15) is 11.5 Å². The van der Waals surface area contributed by atoms with E-state index in [0.29, 0.717) is 41.8 Å². The summed E-state index contributed by atoms with van der Waals surface area (Å²) in [5.41, 5.74) is 3.05. The van der Waals surface area contributed by atoms with E-state index in [9.17, 15) is 9.90 Å². The molecule has 1 aromatic heterocycles. The zero-order valence-corrected chi connectivity index (χ0v) is 22.2. The molecule has 38 heavy (non-hydrogen) atoms. The van der Waals surface area contributed by atoms with Crippen LogP contribution in [0.5, 0.6) is 5.88 Å². The van der Waals surface area contributed by atoms with Crippen LogP contribution in [0, 0.1) is 11.8 Å². The molecule has 6 heteroatoms. The number of ether oxygens (including phenoxy) is 1. The third-order valence-corrected chi connectivity index (χ3v) is 8.43. The molecular formula is C32H33ClN2O3. The van der Waals surface area contributed by atoms with Gasteiger partial charge in [-0.25, -0.2) is 4.98 Å². The normalized spacial score (nSPS) is 23.5. The molecule has 0 amide bonds. The molecule has 6 rings (SSSR count). The van der Waals surface area contributed by atoms with Gasteiger partial charge in [-0.2, -0.15) is 0 Å². The second kappa shape index (κ2) is 10.6. The molecule has 2 aromatic rings. The number of benzene rings is 1. The molecule has 1 saturated carbocycles. The van der Waals surface area contributed by atoms with Crippen LogP contribution in [0.25, 0.3) is 5.57 Å². The molecule has 1 atom stereocenters. The topological polar surface area (TPSA) is 62.7 Å². The highest BCUT2D eigenvalue weighted by Gasteiger charge is 2.35. The molecule has 2 aliphatic heterocycles. The maximum absolute atomic E-state index is 13.1. The van der Waals surface area contributed by atoms with Crippen LogP contribution >= 0.6 is 11.6 Å². The number of nitrogens with zero attached hydrogens (tertiary/aromatic N) is 2. The van der Waals surface area contributed by atoms with Gasteiger partial charge >= 0.3 is 0 Å². The molecule has 4 aliphatic rings. The Kier molecular flexibility index (Phi) is 7.08. The lowest BCUT2D eigenvalue weighted by atomic mass is 9.84. The molecule has 1 aromatic carbocycles. The molecular weight excluding hydrogens is 496 g/mol. The number of rotatable bonds is 7. The molecule has 1 unspecified atom stereocenters. The van der Waals surface area contributed by atoms with Gasteiger partial charge in [0.2, 0.25) is 5.88 Å². The smallest absolute Gasteiger partial charge is 0.227 e. The minimum absolute atomic E-state index is 0.268. The number of halogens is 1. The number of aliphatic hydroxyl groups is 1. The van der Waals surface area contributed by atoms with Crippen molar-refractivity contribution in [1.82, 2.24) is 9.88 Å². The number of pyridine rings is 1. The van der Waals surface area contributed by atoms with E-state index in [2.05, 4.69) is 22.0 Å². The summed E-state index contributed by atoms with van der Waals surface area (Å²) in [5.74, 6) is 1.83. The van der Waals surface area contributed by atoms with Crippen LogP contribution < -0.4 is 4.74 Å². The standard InChI is InChI=1S/C32H33ClN2O3/c33-25-12-10-24(11-13-25)32(37)14-18-35(19-15-32)17-3-4-23-21-28-27(29(36)20-22-8-9-22)5-1-7-30(28)38-31-26(23)6-2-16-34-31/h1-2,4-7,10-13,16,21-22,27,37H,3,8-9,14-15,17-20H2. The van der Waals surface area contributed by atoms with Gasteiger partial charge in [0.25, 0.3) is 0 Å². The van der Waals surface area contributed by atoms with Crippen molar-refractivity contribution in [2.24, 2.45) is 11.8 Å². The predicted molar refractivity (Wildman–Crippen MR) is 150 cm³/mol. The van der Waals surface area contributed by atoms with Gasteiger partial charge in [0, 0.05) is 48.4 Å². The van der Waals surface area contributed by atoms with Gasteiger partial charge in [0.05, 0.1) is 11.5 Å². The first-order valence-corrected chi connectivity index (χ1v) is 14.0. The second-order valence-corrected chi connectivity index (χ2v) is 11.3. The number of likely N-dealkylation sites (tertiary alicyclic amines) is 1. The summed E-state index contributed by atoms with van der Waals surface area (Å²) in [6, 6.07) is 11.5. The zero-order chi connectivity index (χ0) is 26.1. The van der Waals surface area contributed by atoms with Gasteiger partial charge in [-0.15, -0.1) is 0 Å². The lowest BCUT2D eigenvalue weighted by molar-refractivity contribution is -0.121. The van der Waals surface area contributed by atoms with E-state index in [4.69, 9.17) is 16.3 Å². The van der Waals surface area contributed by atoms with Crippen molar-refractivity contribution in [3.05, 3.63) is 100 Å². The molecule has 2 fully saturated rings. The zero-order valence-electron chi connectivity index (χ0n) is 21.5. The highest BCUT2D eigenvalue weighted by atomic mass is 35.5. The van der Waals surface area contributed by atoms with Crippen LogP contribution in [-0.2, 0) is 10.4 Å². The van der Waals surface area contributed by atoms with Crippen LogP contribution in [0.4, 0.5) is 0 Å². The molecule has 1 N–H and O–H groups in total. The molecule has 3 heterocycles. The Labute approximate surface area is 229 Å². The summed E-state index contributed by atoms with van der Waals surface area (Å²) >= 11 is 6.03. The maximum atomic E-state index is 13.1. The van der Waals surface area contributed by atoms with Crippen molar-refractivity contribution in [2.75, 3.05) is 19.6 Å². The fourth-order valence-electron chi connectivity index (χ4n) is 5.68. The van der Waals surface area contributed by atoms with E-state index >= 15 is 0 Å². The Morgan fingerprint density at radius 2 is 1.97 bits per heavy atom. The maximum Gasteiger partial charge on any atom is 0.227 e. The number of carbonyl (C=O) groups excluding carboxylic acids is 1. The molecule has 2 aliphatic carbocycles. The van der Waals surface area contributed by atoms with Gasteiger partial charge in [-0.3, -0.25) is 4.79 Å². The average Bonchev–Trinajstić information content (AvgIpc) is 3.76. The minimum Gasteiger partial charge on any atom is -0.438 e. The van der Waals surface area contributed by atoms with Crippen molar-refractivity contribution in [3.8, 4) is 5.88 Å². The molecule has 1 saturated heterocycles. The Bertz CT molecular complexity index is 1330. The Morgan fingerprint density at radius 1 is 1.18 bits per heavy atom. The van der Waals surface area contributed by atoms with Crippen LogP contribution in [-0.4, -0.2) is 40.4 Å². The number of Topliss-reactive ketones (excluding diaryl/α,β-unsaturated/α-hetero) is 1. The Hall–Kier alpha value is -2.99. The van der Waals surface area contributed by atoms with Gasteiger partial charge in [-0.05, 0) is 85.6 Å². The fraction of sp³-hybridized carbons (Fsp3) is 0.375. The SMILES string of the molecule is O=C(CC1CC1)C1C=CC=C2Oc3ncccc3C(=CCCN3CCC(O)(c4ccc(Cl)cc4)CC3)C=C21. The summed E-state index contributed by atoms with van der Waals surface area (Å²) in [7, 11) is 0. The number of carbonyl (C=O) groups is 1. The highest BCUT2D eigenvalue weighted by Crippen LogP contribution is 2.41. The Morgan fingerprint density at radius 3 is 2.74 bits per heavy atom. The summed E-state index contributed by atoms with van der Waals surface area (Å²) in [6.07, 6.45) is 17.2. The first-order valence-electron chi connectivity index (χ1n) is 13.7. The fourth-order valence-corrected chi connectivity index (χ4v) is 5.81. The third kappa shape index (κ3) is 5.42. The molecule has 196 valence electrons. The second-order valence-electron chi connectivity index (χ2n) is 10.9. The van der Waals surface area contributed by atoms with Crippen molar-refractivity contribution >= 4 is 23.0 Å². The van der Waals surface area contributed by atoms with Crippen LogP contribution in [0.3, 0.4) is 0 Å². The molecule has 0 spiro atoms. The Balaban J connectivity index is 1.17. The number of hydrogen-bond donors (Lipinski definition) is 1. The van der Waals surface area contributed by atoms with E-state index in [1.807, 2.05) is 54.6 Å². The van der Waals surface area contributed by atoms with E-state index in [1.165, 1.54) is 0 Å². The van der Waals surface area contributed by atoms with Gasteiger partial charge < -0.3 is 14.7 Å². The van der Waals surface area contributed by atoms with E-state index in [-0.39, 0.29) is 11.7 Å². The number of hydrogen-bond acceptors (Lipinski definition) is 5. The largest absolute Gasteiger partial charge is 0.438 e. The number of allylic oxidation sites excluding steroid dienone is 6. The lowest BCUT2D eigenvalue weighted by Gasteiger charge is -2.38. The van der Waals surface area contributed by atoms with E-state index in [0.717, 1.165) is 61.2 Å². The van der Waals surface area contributed by atoms with Crippen LogP contribution in [0.15, 0.2) is 84.3 Å². The van der Waals surface area contributed by atoms with Gasteiger partial charge in [-0.1, -0.05) is 42.0 Å². The molecule has 5 nitrogen and oxygen atoms in total. The monoisotopic (exact) mass is 528 g/mol. The summed E-state index contributed by atoms with van der Waals surface area (Å²) < 4.78 is 6.25. The van der Waals surface area contributed by atoms with Crippen molar-refractivity contribution in [3.63, 3.8) is 0 Å². The molecule has 0 radical (unpaired) electrons. The van der Waals surface area contributed by atoms with Gasteiger partial charge in [0.15, 0.2) is 0 Å². The first kappa shape index (κ1) is 25.3. The number of aromatic nitrogens is 1. The molecule has 0 bridgehead atoms. The average molecular weight is 529 g/mol.